The Bertz CT molecular complexity index is 893. The van der Waals surface area contributed by atoms with Gasteiger partial charge in [-0.15, -0.1) is 0 Å². The number of amides is 1. The number of carbonyl (C=O) groups excluding carboxylic acids is 1. The highest BCUT2D eigenvalue weighted by atomic mass is 79.9. The van der Waals surface area contributed by atoms with E-state index in [-0.39, 0.29) is 16.8 Å². The number of rotatable bonds is 2. The maximum atomic E-state index is 12.7. The molecular weight excluding hydrogens is 417 g/mol. The molecule has 1 aliphatic rings. The molecule has 0 saturated carbocycles. The van der Waals surface area contributed by atoms with Crippen LogP contribution in [0.25, 0.3) is 6.08 Å². The first-order valence-corrected chi connectivity index (χ1v) is 8.65. The fourth-order valence-corrected chi connectivity index (χ4v) is 3.36. The molecular formula is C17H10BrF3N2OS. The zero-order valence-corrected chi connectivity index (χ0v) is 14.9. The summed E-state index contributed by atoms with van der Waals surface area (Å²) in [6, 6.07) is 12.0. The normalized spacial score (nSPS) is 18.0. The first-order chi connectivity index (χ1) is 11.8. The van der Waals surface area contributed by atoms with Gasteiger partial charge in [0.2, 0.25) is 0 Å². The minimum Gasteiger partial charge on any atom is -0.300 e. The Morgan fingerprint density at radius 1 is 1.12 bits per heavy atom. The molecule has 0 bridgehead atoms. The van der Waals surface area contributed by atoms with Crippen molar-refractivity contribution in [3.8, 4) is 0 Å². The zero-order chi connectivity index (χ0) is 18.0. The van der Waals surface area contributed by atoms with Gasteiger partial charge < -0.3 is 5.32 Å². The number of benzene rings is 2. The molecule has 128 valence electrons. The predicted octanol–water partition coefficient (Wildman–Crippen LogP) is 5.36. The van der Waals surface area contributed by atoms with Crippen molar-refractivity contribution >= 4 is 50.5 Å². The molecule has 0 spiro atoms. The van der Waals surface area contributed by atoms with E-state index >= 15 is 0 Å². The monoisotopic (exact) mass is 426 g/mol. The maximum Gasteiger partial charge on any atom is 0.416 e. The Balaban J connectivity index is 1.84. The van der Waals surface area contributed by atoms with E-state index in [0.29, 0.717) is 4.91 Å². The van der Waals surface area contributed by atoms with Crippen molar-refractivity contribution in [2.45, 2.75) is 6.18 Å². The molecule has 3 nitrogen and oxygen atoms in total. The summed E-state index contributed by atoms with van der Waals surface area (Å²) in [6.45, 7) is 0. The molecule has 1 N–H and O–H groups in total. The van der Waals surface area contributed by atoms with Gasteiger partial charge in [0.1, 0.15) is 0 Å². The summed E-state index contributed by atoms with van der Waals surface area (Å²) in [4.78, 5) is 16.5. The summed E-state index contributed by atoms with van der Waals surface area (Å²) in [5.74, 6) is -0.337. The second-order valence-electron chi connectivity index (χ2n) is 5.08. The molecule has 1 aliphatic heterocycles. The van der Waals surface area contributed by atoms with Crippen molar-refractivity contribution in [2.75, 3.05) is 0 Å². The van der Waals surface area contributed by atoms with Crippen LogP contribution in [0.5, 0.6) is 0 Å². The largest absolute Gasteiger partial charge is 0.416 e. The van der Waals surface area contributed by atoms with E-state index in [1.54, 1.807) is 6.08 Å². The number of thioether (sulfide) groups is 1. The van der Waals surface area contributed by atoms with Crippen LogP contribution >= 0.6 is 27.7 Å². The number of halogens is 4. The average molecular weight is 427 g/mol. The summed E-state index contributed by atoms with van der Waals surface area (Å²) in [6.07, 6.45) is -2.74. The SMILES string of the molecule is O=C1NC(=Nc2cccc(C(F)(F)F)c2)S/C1=C\c1cccc(Br)c1. The third-order valence-corrected chi connectivity index (χ3v) is 4.60. The molecule has 0 atom stereocenters. The molecule has 25 heavy (non-hydrogen) atoms. The molecule has 1 heterocycles. The van der Waals surface area contributed by atoms with E-state index in [9.17, 15) is 18.0 Å². The van der Waals surface area contributed by atoms with Gasteiger partial charge in [0, 0.05) is 4.47 Å². The lowest BCUT2D eigenvalue weighted by atomic mass is 10.2. The molecule has 2 aromatic rings. The Morgan fingerprint density at radius 2 is 1.88 bits per heavy atom. The lowest BCUT2D eigenvalue weighted by molar-refractivity contribution is -0.137. The molecule has 0 unspecified atom stereocenters. The van der Waals surface area contributed by atoms with Crippen molar-refractivity contribution < 1.29 is 18.0 Å². The molecule has 1 amide bonds. The quantitative estimate of drug-likeness (QED) is 0.656. The predicted molar refractivity (Wildman–Crippen MR) is 96.4 cm³/mol. The van der Waals surface area contributed by atoms with Gasteiger partial charge in [-0.2, -0.15) is 13.2 Å². The van der Waals surface area contributed by atoms with Crippen molar-refractivity contribution in [3.63, 3.8) is 0 Å². The lowest BCUT2D eigenvalue weighted by Crippen LogP contribution is -2.19. The highest BCUT2D eigenvalue weighted by Gasteiger charge is 2.30. The van der Waals surface area contributed by atoms with Gasteiger partial charge in [0.25, 0.3) is 5.91 Å². The van der Waals surface area contributed by atoms with Crippen LogP contribution in [-0.2, 0) is 11.0 Å². The molecule has 1 fully saturated rings. The molecule has 3 rings (SSSR count). The van der Waals surface area contributed by atoms with Gasteiger partial charge in [0.15, 0.2) is 5.17 Å². The second-order valence-corrected chi connectivity index (χ2v) is 7.03. The molecule has 2 aromatic carbocycles. The Kier molecular flexibility index (Phi) is 5.01. The van der Waals surface area contributed by atoms with Gasteiger partial charge in [-0.1, -0.05) is 34.1 Å². The Hall–Kier alpha value is -2.06. The molecule has 1 saturated heterocycles. The van der Waals surface area contributed by atoms with Crippen molar-refractivity contribution in [3.05, 3.63) is 69.0 Å². The van der Waals surface area contributed by atoms with Crippen LogP contribution in [0.1, 0.15) is 11.1 Å². The van der Waals surface area contributed by atoms with Gasteiger partial charge in [-0.25, -0.2) is 4.99 Å². The van der Waals surface area contributed by atoms with Crippen LogP contribution < -0.4 is 5.32 Å². The summed E-state index contributed by atoms with van der Waals surface area (Å²) in [5, 5.41) is 2.80. The number of amidine groups is 1. The number of nitrogens with one attached hydrogen (secondary N) is 1. The summed E-state index contributed by atoms with van der Waals surface area (Å²) < 4.78 is 39.1. The minimum absolute atomic E-state index is 0.126. The van der Waals surface area contributed by atoms with Crippen LogP contribution in [0.2, 0.25) is 0 Å². The van der Waals surface area contributed by atoms with Crippen molar-refractivity contribution in [1.82, 2.24) is 5.32 Å². The maximum absolute atomic E-state index is 12.7. The van der Waals surface area contributed by atoms with Crippen molar-refractivity contribution in [1.29, 1.82) is 0 Å². The minimum atomic E-state index is -4.44. The smallest absolute Gasteiger partial charge is 0.300 e. The molecule has 0 aliphatic carbocycles. The van der Waals surface area contributed by atoms with Crippen molar-refractivity contribution in [2.24, 2.45) is 4.99 Å². The number of carbonyl (C=O) groups is 1. The average Bonchev–Trinajstić information content (AvgIpc) is 2.86. The number of hydrogen-bond donors (Lipinski definition) is 1. The standard InChI is InChI=1S/C17H10BrF3N2OS/c18-12-5-1-3-10(7-12)8-14-15(24)23-16(25-14)22-13-6-2-4-11(9-13)17(19,20)21/h1-9H,(H,22,23,24)/b14-8-. The van der Waals surface area contributed by atoms with Gasteiger partial charge in [-0.3, -0.25) is 4.79 Å². The third kappa shape index (κ3) is 4.52. The van der Waals surface area contributed by atoms with Gasteiger partial charge >= 0.3 is 6.18 Å². The zero-order valence-electron chi connectivity index (χ0n) is 12.5. The van der Waals surface area contributed by atoms with E-state index in [1.165, 1.54) is 12.1 Å². The van der Waals surface area contributed by atoms with E-state index in [0.717, 1.165) is 33.9 Å². The summed E-state index contributed by atoms with van der Waals surface area (Å²) in [5.41, 5.74) is 0.169. The molecule has 0 aromatic heterocycles. The number of alkyl halides is 3. The second kappa shape index (κ2) is 7.05. The highest BCUT2D eigenvalue weighted by Crippen LogP contribution is 2.33. The number of nitrogens with zero attached hydrogens (tertiary/aromatic N) is 1. The topological polar surface area (TPSA) is 41.5 Å². The number of hydrogen-bond acceptors (Lipinski definition) is 3. The van der Waals surface area contributed by atoms with Crippen LogP contribution in [0.4, 0.5) is 18.9 Å². The Morgan fingerprint density at radius 3 is 2.60 bits per heavy atom. The van der Waals surface area contributed by atoms with E-state index in [4.69, 9.17) is 0 Å². The van der Waals surface area contributed by atoms with Gasteiger partial charge in [-0.05, 0) is 53.7 Å². The first-order valence-electron chi connectivity index (χ1n) is 7.04. The van der Waals surface area contributed by atoms with Crippen LogP contribution in [0.15, 0.2) is 62.9 Å². The molecule has 0 radical (unpaired) electrons. The van der Waals surface area contributed by atoms with Crippen LogP contribution in [0, 0.1) is 0 Å². The third-order valence-electron chi connectivity index (χ3n) is 3.20. The summed E-state index contributed by atoms with van der Waals surface area (Å²) >= 11 is 4.43. The van der Waals surface area contributed by atoms with E-state index in [1.807, 2.05) is 24.3 Å². The Labute approximate surface area is 154 Å². The summed E-state index contributed by atoms with van der Waals surface area (Å²) in [7, 11) is 0. The molecule has 8 heteroatoms. The van der Waals surface area contributed by atoms with Crippen LogP contribution in [-0.4, -0.2) is 11.1 Å². The van der Waals surface area contributed by atoms with E-state index in [2.05, 4.69) is 26.2 Å². The van der Waals surface area contributed by atoms with Crippen LogP contribution in [0.3, 0.4) is 0 Å². The highest BCUT2D eigenvalue weighted by molar-refractivity contribution is 9.10. The van der Waals surface area contributed by atoms with Gasteiger partial charge in [0.05, 0.1) is 16.2 Å². The first kappa shape index (κ1) is 17.8. The fraction of sp³-hybridized carbons (Fsp3) is 0.0588. The van der Waals surface area contributed by atoms with E-state index < -0.39 is 11.7 Å². The number of aliphatic imine (C=N–C) groups is 1. The lowest BCUT2D eigenvalue weighted by Gasteiger charge is -2.06. The fourth-order valence-electron chi connectivity index (χ4n) is 2.10.